The summed E-state index contributed by atoms with van der Waals surface area (Å²) in [6.07, 6.45) is 0. The van der Waals surface area contributed by atoms with Gasteiger partial charge in [0.05, 0.1) is 25.2 Å². The minimum Gasteiger partial charge on any atom is -0.380 e. The summed E-state index contributed by atoms with van der Waals surface area (Å²) in [5, 5.41) is 3.35. The molecule has 3 nitrogen and oxygen atoms in total. The molecule has 0 bridgehead atoms. The molecule has 2 heterocycles. The minimum absolute atomic E-state index is 0.138. The number of ether oxygens (including phenoxy) is 2. The Morgan fingerprint density at radius 1 is 1.18 bits per heavy atom. The Morgan fingerprint density at radius 3 is 2.27 bits per heavy atom. The van der Waals surface area contributed by atoms with Crippen LogP contribution in [0.2, 0.25) is 0 Å². The van der Waals surface area contributed by atoms with Gasteiger partial charge < -0.3 is 9.47 Å². The third-order valence-corrected chi connectivity index (χ3v) is 2.44. The first kappa shape index (κ1) is 7.53. The highest BCUT2D eigenvalue weighted by Gasteiger charge is 2.44. The highest BCUT2D eigenvalue weighted by molar-refractivity contribution is 4.92. The van der Waals surface area contributed by atoms with E-state index in [1.165, 1.54) is 0 Å². The van der Waals surface area contributed by atoms with Crippen molar-refractivity contribution in [3.8, 4) is 0 Å². The summed E-state index contributed by atoms with van der Waals surface area (Å²) < 4.78 is 10.8. The lowest BCUT2D eigenvalue weighted by Crippen LogP contribution is -2.62. The summed E-state index contributed by atoms with van der Waals surface area (Å²) in [7, 11) is 0. The Bertz CT molecular complexity index is 151. The van der Waals surface area contributed by atoms with Gasteiger partial charge in [-0.2, -0.15) is 0 Å². The Kier molecular flexibility index (Phi) is 1.50. The van der Waals surface area contributed by atoms with E-state index in [1.807, 2.05) is 0 Å². The van der Waals surface area contributed by atoms with Crippen LogP contribution < -0.4 is 5.32 Å². The van der Waals surface area contributed by atoms with Crippen LogP contribution in [0.15, 0.2) is 0 Å². The lowest BCUT2D eigenvalue weighted by atomic mass is 9.85. The summed E-state index contributed by atoms with van der Waals surface area (Å²) >= 11 is 0. The van der Waals surface area contributed by atoms with Crippen LogP contribution in [-0.2, 0) is 9.47 Å². The van der Waals surface area contributed by atoms with E-state index in [0.29, 0.717) is 5.41 Å². The second-order valence-corrected chi connectivity index (χ2v) is 4.15. The van der Waals surface area contributed by atoms with Crippen molar-refractivity contribution in [1.82, 2.24) is 5.32 Å². The number of hydrogen-bond acceptors (Lipinski definition) is 3. The van der Waals surface area contributed by atoms with Gasteiger partial charge in [0.1, 0.15) is 5.72 Å². The van der Waals surface area contributed by atoms with Crippen molar-refractivity contribution >= 4 is 0 Å². The normalized spacial score (nSPS) is 33.3. The molecule has 1 spiro atoms. The molecule has 2 fully saturated rings. The highest BCUT2D eigenvalue weighted by Crippen LogP contribution is 2.32. The van der Waals surface area contributed by atoms with Crippen molar-refractivity contribution in [2.45, 2.75) is 19.6 Å². The van der Waals surface area contributed by atoms with Crippen LogP contribution in [0.3, 0.4) is 0 Å². The first-order valence-electron chi connectivity index (χ1n) is 4.09. The topological polar surface area (TPSA) is 30.5 Å². The molecule has 0 aromatic carbocycles. The van der Waals surface area contributed by atoms with E-state index in [9.17, 15) is 0 Å². The van der Waals surface area contributed by atoms with E-state index in [4.69, 9.17) is 9.47 Å². The summed E-state index contributed by atoms with van der Waals surface area (Å²) in [5.41, 5.74) is 0.163. The lowest BCUT2D eigenvalue weighted by molar-refractivity contribution is -0.211. The van der Waals surface area contributed by atoms with Crippen molar-refractivity contribution in [1.29, 1.82) is 0 Å². The van der Waals surface area contributed by atoms with Gasteiger partial charge in [0.2, 0.25) is 0 Å². The molecule has 2 rings (SSSR count). The van der Waals surface area contributed by atoms with Gasteiger partial charge in [-0.25, -0.2) is 0 Å². The van der Waals surface area contributed by atoms with Crippen LogP contribution in [0.1, 0.15) is 13.8 Å². The average molecular weight is 157 g/mol. The number of rotatable bonds is 0. The lowest BCUT2D eigenvalue weighted by Gasteiger charge is -2.48. The fourth-order valence-electron chi connectivity index (χ4n) is 1.41. The number of nitrogens with one attached hydrogen (secondary N) is 1. The molecule has 2 saturated heterocycles. The van der Waals surface area contributed by atoms with Crippen molar-refractivity contribution in [2.75, 3.05) is 26.4 Å². The van der Waals surface area contributed by atoms with E-state index >= 15 is 0 Å². The van der Waals surface area contributed by atoms with Gasteiger partial charge in [0, 0.05) is 6.54 Å². The third kappa shape index (κ3) is 1.28. The zero-order valence-electron chi connectivity index (χ0n) is 7.14. The second kappa shape index (κ2) is 2.19. The smallest absolute Gasteiger partial charge is 0.113 e. The van der Waals surface area contributed by atoms with E-state index in [1.54, 1.807) is 0 Å². The molecule has 3 heteroatoms. The molecule has 11 heavy (non-hydrogen) atoms. The van der Waals surface area contributed by atoms with E-state index < -0.39 is 0 Å². The van der Waals surface area contributed by atoms with Crippen LogP contribution in [0, 0.1) is 5.41 Å². The fraction of sp³-hybridized carbons (Fsp3) is 1.00. The standard InChI is InChI=1S/C8H15NO2/c1-7(2)9-3-8(6-11-7)4-10-5-8/h9H,3-6H2,1-2H3. The van der Waals surface area contributed by atoms with Crippen molar-refractivity contribution in [3.05, 3.63) is 0 Å². The maximum Gasteiger partial charge on any atom is 0.113 e. The number of hydrogen-bond donors (Lipinski definition) is 1. The monoisotopic (exact) mass is 157 g/mol. The molecule has 0 unspecified atom stereocenters. The van der Waals surface area contributed by atoms with E-state index in [2.05, 4.69) is 19.2 Å². The molecular weight excluding hydrogens is 142 g/mol. The minimum atomic E-state index is -0.138. The molecule has 0 radical (unpaired) electrons. The van der Waals surface area contributed by atoms with E-state index in [0.717, 1.165) is 26.4 Å². The summed E-state index contributed by atoms with van der Waals surface area (Å²) in [4.78, 5) is 0. The van der Waals surface area contributed by atoms with Gasteiger partial charge in [-0.1, -0.05) is 0 Å². The Morgan fingerprint density at radius 2 is 1.91 bits per heavy atom. The molecule has 1 N–H and O–H groups in total. The van der Waals surface area contributed by atoms with Gasteiger partial charge >= 0.3 is 0 Å². The summed E-state index contributed by atoms with van der Waals surface area (Å²) in [6.45, 7) is 7.69. The van der Waals surface area contributed by atoms with Gasteiger partial charge in [-0.15, -0.1) is 0 Å². The zero-order valence-corrected chi connectivity index (χ0v) is 7.14. The van der Waals surface area contributed by atoms with Crippen LogP contribution in [0.4, 0.5) is 0 Å². The predicted octanol–water partition coefficient (Wildman–Crippen LogP) is 0.359. The van der Waals surface area contributed by atoms with Crippen molar-refractivity contribution < 1.29 is 9.47 Å². The van der Waals surface area contributed by atoms with E-state index in [-0.39, 0.29) is 5.72 Å². The molecule has 2 aliphatic rings. The Hall–Kier alpha value is -0.120. The van der Waals surface area contributed by atoms with Gasteiger partial charge in [-0.3, -0.25) is 5.32 Å². The second-order valence-electron chi connectivity index (χ2n) is 4.15. The van der Waals surface area contributed by atoms with Crippen LogP contribution >= 0.6 is 0 Å². The Balaban J connectivity index is 1.94. The highest BCUT2D eigenvalue weighted by atomic mass is 16.5. The molecule has 64 valence electrons. The fourth-order valence-corrected chi connectivity index (χ4v) is 1.41. The molecule has 0 aliphatic carbocycles. The molecule has 0 aromatic heterocycles. The molecule has 0 aromatic rings. The summed E-state index contributed by atoms with van der Waals surface area (Å²) in [6, 6.07) is 0. The van der Waals surface area contributed by atoms with Gasteiger partial charge in [0.15, 0.2) is 0 Å². The average Bonchev–Trinajstić information content (AvgIpc) is 1.84. The molecule has 0 saturated carbocycles. The maximum atomic E-state index is 5.63. The molecule has 0 amide bonds. The van der Waals surface area contributed by atoms with Crippen LogP contribution in [0.25, 0.3) is 0 Å². The first-order chi connectivity index (χ1) is 5.12. The Labute approximate surface area is 67.1 Å². The van der Waals surface area contributed by atoms with Crippen molar-refractivity contribution in [3.63, 3.8) is 0 Å². The van der Waals surface area contributed by atoms with Gasteiger partial charge in [-0.05, 0) is 13.8 Å². The molecule has 0 atom stereocenters. The summed E-state index contributed by atoms with van der Waals surface area (Å²) in [5.74, 6) is 0. The third-order valence-electron chi connectivity index (χ3n) is 2.44. The SMILES string of the molecule is CC1(C)NCC2(COC2)CO1. The quantitative estimate of drug-likeness (QED) is 0.550. The van der Waals surface area contributed by atoms with Crippen molar-refractivity contribution in [2.24, 2.45) is 5.41 Å². The van der Waals surface area contributed by atoms with Crippen LogP contribution in [0.5, 0.6) is 0 Å². The largest absolute Gasteiger partial charge is 0.380 e. The maximum absolute atomic E-state index is 5.63. The van der Waals surface area contributed by atoms with Crippen LogP contribution in [-0.4, -0.2) is 32.1 Å². The zero-order chi connectivity index (χ0) is 7.95. The molecule has 2 aliphatic heterocycles. The predicted molar refractivity (Wildman–Crippen MR) is 41.3 cm³/mol. The first-order valence-corrected chi connectivity index (χ1v) is 4.09. The molecular formula is C8H15NO2. The van der Waals surface area contributed by atoms with Gasteiger partial charge in [0.25, 0.3) is 0 Å².